The first-order valence-electron chi connectivity index (χ1n) is 7.57. The van der Waals surface area contributed by atoms with E-state index in [4.69, 9.17) is 24.0 Å². The number of rotatable bonds is 12. The molecule has 8 heteroatoms. The van der Waals surface area contributed by atoms with Crippen LogP contribution in [0.15, 0.2) is 0 Å². The standard InChI is InChI=1S/C14H31O7P/c1-11(2)7-18-14(19-8-12(3)4,20-9-13(5)6)10-21-22(15,16)17/h11-13H,7-10H2,1-6H3,(H2,15,16,17). The molecule has 7 nitrogen and oxygen atoms in total. The number of phosphoric ester groups is 1. The van der Waals surface area contributed by atoms with E-state index in [9.17, 15) is 4.57 Å². The Morgan fingerprint density at radius 2 is 1.14 bits per heavy atom. The van der Waals surface area contributed by atoms with Gasteiger partial charge in [-0.1, -0.05) is 41.5 Å². The molecule has 0 rings (SSSR count). The Labute approximate surface area is 133 Å². The predicted octanol–water partition coefficient (Wildman–Crippen LogP) is 2.77. The number of hydrogen-bond donors (Lipinski definition) is 2. The van der Waals surface area contributed by atoms with E-state index in [0.717, 1.165) is 0 Å². The molecule has 0 amide bonds. The van der Waals surface area contributed by atoms with Gasteiger partial charge in [0.05, 0.1) is 19.8 Å². The van der Waals surface area contributed by atoms with Crippen LogP contribution in [-0.2, 0) is 23.3 Å². The van der Waals surface area contributed by atoms with Gasteiger partial charge in [0.25, 0.3) is 0 Å². The average molecular weight is 342 g/mol. The van der Waals surface area contributed by atoms with Gasteiger partial charge in [-0.2, -0.15) is 0 Å². The Morgan fingerprint density at radius 3 is 1.36 bits per heavy atom. The molecule has 0 fully saturated rings. The summed E-state index contributed by atoms with van der Waals surface area (Å²) < 4.78 is 32.6. The molecular weight excluding hydrogens is 311 g/mol. The highest BCUT2D eigenvalue weighted by molar-refractivity contribution is 7.46. The van der Waals surface area contributed by atoms with Crippen molar-refractivity contribution >= 4 is 7.82 Å². The van der Waals surface area contributed by atoms with E-state index in [1.807, 2.05) is 41.5 Å². The summed E-state index contributed by atoms with van der Waals surface area (Å²) in [6.45, 7) is 12.2. The summed E-state index contributed by atoms with van der Waals surface area (Å²) in [7, 11) is -4.64. The molecule has 0 aromatic carbocycles. The van der Waals surface area contributed by atoms with Crippen LogP contribution in [0.2, 0.25) is 0 Å². The van der Waals surface area contributed by atoms with Crippen molar-refractivity contribution in [3.05, 3.63) is 0 Å². The molecule has 0 aliphatic rings. The smallest absolute Gasteiger partial charge is 0.325 e. The van der Waals surface area contributed by atoms with E-state index in [2.05, 4.69) is 4.52 Å². The molecule has 0 aromatic heterocycles. The van der Waals surface area contributed by atoms with Crippen LogP contribution >= 0.6 is 7.82 Å². The minimum atomic E-state index is -4.64. The highest BCUT2D eigenvalue weighted by Crippen LogP contribution is 2.38. The first kappa shape index (κ1) is 22.0. The third-order valence-electron chi connectivity index (χ3n) is 2.32. The molecule has 0 aromatic rings. The van der Waals surface area contributed by atoms with E-state index in [1.165, 1.54) is 0 Å². The second kappa shape index (κ2) is 9.98. The Morgan fingerprint density at radius 1 is 0.818 bits per heavy atom. The van der Waals surface area contributed by atoms with Crippen molar-refractivity contribution < 1.29 is 33.1 Å². The van der Waals surface area contributed by atoms with E-state index < -0.39 is 20.4 Å². The lowest BCUT2D eigenvalue weighted by molar-refractivity contribution is -0.395. The third kappa shape index (κ3) is 11.5. The number of hydrogen-bond acceptors (Lipinski definition) is 5. The molecule has 0 heterocycles. The molecule has 0 radical (unpaired) electrons. The number of ether oxygens (including phenoxy) is 3. The van der Waals surface area contributed by atoms with Gasteiger partial charge in [0.15, 0.2) is 0 Å². The van der Waals surface area contributed by atoms with Crippen LogP contribution in [0, 0.1) is 17.8 Å². The molecule has 134 valence electrons. The summed E-state index contributed by atoms with van der Waals surface area (Å²) in [6.07, 6.45) is 0. The minimum Gasteiger partial charge on any atom is -0.325 e. The fourth-order valence-corrected chi connectivity index (χ4v) is 1.62. The van der Waals surface area contributed by atoms with Gasteiger partial charge in [0.1, 0.15) is 6.61 Å². The van der Waals surface area contributed by atoms with Crippen molar-refractivity contribution in [2.75, 3.05) is 26.4 Å². The normalized spacial score (nSPS) is 13.6. The highest BCUT2D eigenvalue weighted by Gasteiger charge is 2.38. The monoisotopic (exact) mass is 342 g/mol. The Kier molecular flexibility index (Phi) is 9.98. The summed E-state index contributed by atoms with van der Waals surface area (Å²) in [5.41, 5.74) is 0. The van der Waals surface area contributed by atoms with Crippen molar-refractivity contribution in [1.82, 2.24) is 0 Å². The minimum absolute atomic E-state index is 0.208. The van der Waals surface area contributed by atoms with Crippen LogP contribution in [0.4, 0.5) is 0 Å². The predicted molar refractivity (Wildman–Crippen MR) is 83.1 cm³/mol. The largest absolute Gasteiger partial charge is 0.469 e. The van der Waals surface area contributed by atoms with Crippen molar-refractivity contribution in [2.24, 2.45) is 17.8 Å². The molecule has 0 bridgehead atoms. The zero-order valence-corrected chi connectivity index (χ0v) is 15.3. The fourth-order valence-electron chi connectivity index (χ4n) is 1.29. The van der Waals surface area contributed by atoms with Crippen LogP contribution < -0.4 is 0 Å². The third-order valence-corrected chi connectivity index (χ3v) is 2.78. The molecule has 0 unspecified atom stereocenters. The second-order valence-electron chi connectivity index (χ2n) is 6.56. The van der Waals surface area contributed by atoms with E-state index >= 15 is 0 Å². The molecule has 0 atom stereocenters. The van der Waals surface area contributed by atoms with E-state index in [-0.39, 0.29) is 17.8 Å². The second-order valence-corrected chi connectivity index (χ2v) is 7.80. The van der Waals surface area contributed by atoms with Crippen LogP contribution in [0.5, 0.6) is 0 Å². The molecule has 0 spiro atoms. The van der Waals surface area contributed by atoms with E-state index in [0.29, 0.717) is 19.8 Å². The summed E-state index contributed by atoms with van der Waals surface area (Å²) in [6, 6.07) is 0. The molecule has 0 aliphatic heterocycles. The summed E-state index contributed by atoms with van der Waals surface area (Å²) in [5.74, 6) is -0.987. The maximum Gasteiger partial charge on any atom is 0.469 e. The molecule has 0 saturated carbocycles. The SMILES string of the molecule is CC(C)COC(COP(=O)(O)O)(OCC(C)C)OCC(C)C. The highest BCUT2D eigenvalue weighted by atomic mass is 31.2. The first-order chi connectivity index (χ1) is 9.96. The van der Waals surface area contributed by atoms with Gasteiger partial charge in [-0.05, 0) is 17.8 Å². The summed E-state index contributed by atoms with van der Waals surface area (Å²) >= 11 is 0. The van der Waals surface area contributed by atoms with Gasteiger partial charge < -0.3 is 24.0 Å². The van der Waals surface area contributed by atoms with Crippen molar-refractivity contribution in [3.8, 4) is 0 Å². The van der Waals surface area contributed by atoms with Gasteiger partial charge in [-0.25, -0.2) is 4.57 Å². The average Bonchev–Trinajstić information content (AvgIpc) is 2.35. The fraction of sp³-hybridized carbons (Fsp3) is 1.00. The number of phosphoric acid groups is 1. The van der Waals surface area contributed by atoms with E-state index in [1.54, 1.807) is 0 Å². The topological polar surface area (TPSA) is 94.5 Å². The lowest BCUT2D eigenvalue weighted by Gasteiger charge is -2.34. The van der Waals surface area contributed by atoms with Gasteiger partial charge in [-0.3, -0.25) is 4.52 Å². The molecule has 0 saturated heterocycles. The first-order valence-corrected chi connectivity index (χ1v) is 9.10. The summed E-state index contributed by atoms with van der Waals surface area (Å²) in [4.78, 5) is 17.9. The zero-order valence-electron chi connectivity index (χ0n) is 14.4. The van der Waals surface area contributed by atoms with Crippen LogP contribution in [-0.4, -0.2) is 42.2 Å². The Balaban J connectivity index is 5.04. The quantitative estimate of drug-likeness (QED) is 0.416. The van der Waals surface area contributed by atoms with Crippen LogP contribution in [0.1, 0.15) is 41.5 Å². The molecule has 0 aliphatic carbocycles. The van der Waals surface area contributed by atoms with Gasteiger partial charge >= 0.3 is 13.8 Å². The summed E-state index contributed by atoms with van der Waals surface area (Å²) in [5, 5.41) is 0. The van der Waals surface area contributed by atoms with Gasteiger partial charge in [0, 0.05) is 0 Å². The Hall–Kier alpha value is -0.0100. The van der Waals surface area contributed by atoms with Crippen LogP contribution in [0.25, 0.3) is 0 Å². The van der Waals surface area contributed by atoms with Gasteiger partial charge in [-0.15, -0.1) is 0 Å². The molecule has 2 N–H and O–H groups in total. The Bertz CT molecular complexity index is 307. The lowest BCUT2D eigenvalue weighted by atomic mass is 10.2. The maximum absolute atomic E-state index is 11.0. The molecule has 22 heavy (non-hydrogen) atoms. The van der Waals surface area contributed by atoms with Crippen molar-refractivity contribution in [1.29, 1.82) is 0 Å². The van der Waals surface area contributed by atoms with Crippen molar-refractivity contribution in [3.63, 3.8) is 0 Å². The van der Waals surface area contributed by atoms with Gasteiger partial charge in [0.2, 0.25) is 0 Å². The van der Waals surface area contributed by atoms with Crippen molar-refractivity contribution in [2.45, 2.75) is 47.5 Å². The maximum atomic E-state index is 11.0. The zero-order chi connectivity index (χ0) is 17.4. The molecular formula is C14H31O7P. The lowest BCUT2D eigenvalue weighted by Crippen LogP contribution is -2.46. The van der Waals surface area contributed by atoms with Crippen LogP contribution in [0.3, 0.4) is 0 Å².